The van der Waals surface area contributed by atoms with Gasteiger partial charge in [-0.3, -0.25) is 4.79 Å². The molecule has 1 heterocycles. The zero-order valence-corrected chi connectivity index (χ0v) is 20.0. The SMILES string of the molecule is CCCCN1CCC(NC(=NCC(=O)N(C)C)NCCCOCC)CC1.I. The second-order valence-electron chi connectivity index (χ2n) is 7.04. The highest BCUT2D eigenvalue weighted by Gasteiger charge is 2.19. The Hall–Kier alpha value is -0.610. The lowest BCUT2D eigenvalue weighted by molar-refractivity contribution is -0.127. The fourth-order valence-electron chi connectivity index (χ4n) is 2.84. The molecule has 160 valence electrons. The highest BCUT2D eigenvalue weighted by Crippen LogP contribution is 2.11. The van der Waals surface area contributed by atoms with Gasteiger partial charge in [0.15, 0.2) is 5.96 Å². The summed E-state index contributed by atoms with van der Waals surface area (Å²) in [4.78, 5) is 20.4. The highest BCUT2D eigenvalue weighted by molar-refractivity contribution is 14.0. The van der Waals surface area contributed by atoms with Gasteiger partial charge in [-0.15, -0.1) is 24.0 Å². The summed E-state index contributed by atoms with van der Waals surface area (Å²) in [6, 6.07) is 0.417. The Morgan fingerprint density at radius 1 is 1.22 bits per heavy atom. The maximum atomic E-state index is 11.8. The Morgan fingerprint density at radius 3 is 2.52 bits per heavy atom. The van der Waals surface area contributed by atoms with E-state index >= 15 is 0 Å². The molecule has 1 aliphatic rings. The maximum absolute atomic E-state index is 11.8. The van der Waals surface area contributed by atoms with Crippen LogP contribution in [-0.2, 0) is 9.53 Å². The molecule has 0 aromatic rings. The Morgan fingerprint density at radius 2 is 1.93 bits per heavy atom. The number of rotatable bonds is 11. The van der Waals surface area contributed by atoms with Gasteiger partial charge < -0.3 is 25.2 Å². The third kappa shape index (κ3) is 12.5. The van der Waals surface area contributed by atoms with Crippen LogP contribution in [0.4, 0.5) is 0 Å². The van der Waals surface area contributed by atoms with Crippen molar-refractivity contribution in [2.24, 2.45) is 4.99 Å². The molecule has 0 aliphatic carbocycles. The molecule has 0 bridgehead atoms. The van der Waals surface area contributed by atoms with Crippen molar-refractivity contribution in [1.29, 1.82) is 0 Å². The summed E-state index contributed by atoms with van der Waals surface area (Å²) in [6.45, 7) is 10.1. The van der Waals surface area contributed by atoms with E-state index in [0.29, 0.717) is 6.04 Å². The Bertz CT molecular complexity index is 413. The van der Waals surface area contributed by atoms with E-state index < -0.39 is 0 Å². The van der Waals surface area contributed by atoms with Crippen molar-refractivity contribution in [3.05, 3.63) is 0 Å². The smallest absolute Gasteiger partial charge is 0.243 e. The van der Waals surface area contributed by atoms with E-state index in [1.807, 2.05) is 6.92 Å². The largest absolute Gasteiger partial charge is 0.382 e. The molecule has 1 rings (SSSR count). The number of carbonyl (C=O) groups is 1. The summed E-state index contributed by atoms with van der Waals surface area (Å²) in [6.07, 6.45) is 5.68. The van der Waals surface area contributed by atoms with Crippen molar-refractivity contribution in [3.8, 4) is 0 Å². The van der Waals surface area contributed by atoms with Crippen LogP contribution in [-0.4, -0.2) is 87.7 Å². The lowest BCUT2D eigenvalue weighted by Gasteiger charge is -2.33. The van der Waals surface area contributed by atoms with Crippen LogP contribution in [0.3, 0.4) is 0 Å². The Labute approximate surface area is 182 Å². The molecule has 1 fully saturated rings. The summed E-state index contributed by atoms with van der Waals surface area (Å²) in [5.41, 5.74) is 0. The van der Waals surface area contributed by atoms with Crippen LogP contribution in [0.1, 0.15) is 46.0 Å². The van der Waals surface area contributed by atoms with Crippen LogP contribution in [0, 0.1) is 0 Å². The number of amides is 1. The Balaban J connectivity index is 0.00000676. The number of unbranched alkanes of at least 4 members (excludes halogenated alkanes) is 1. The summed E-state index contributed by atoms with van der Waals surface area (Å²) in [5, 5.41) is 6.86. The van der Waals surface area contributed by atoms with E-state index in [9.17, 15) is 4.79 Å². The summed E-state index contributed by atoms with van der Waals surface area (Å²) >= 11 is 0. The zero-order valence-electron chi connectivity index (χ0n) is 17.6. The highest BCUT2D eigenvalue weighted by atomic mass is 127. The van der Waals surface area contributed by atoms with Crippen molar-refractivity contribution in [3.63, 3.8) is 0 Å². The molecular weight excluding hydrogens is 457 g/mol. The molecule has 0 unspecified atom stereocenters. The maximum Gasteiger partial charge on any atom is 0.243 e. The van der Waals surface area contributed by atoms with Crippen molar-refractivity contribution in [2.45, 2.75) is 52.0 Å². The molecule has 27 heavy (non-hydrogen) atoms. The lowest BCUT2D eigenvalue weighted by Crippen LogP contribution is -2.49. The third-order valence-corrected chi connectivity index (χ3v) is 4.59. The summed E-state index contributed by atoms with van der Waals surface area (Å²) in [5.74, 6) is 0.749. The zero-order chi connectivity index (χ0) is 19.2. The number of likely N-dealkylation sites (tertiary alicyclic amines) is 1. The molecule has 0 spiro atoms. The van der Waals surface area contributed by atoms with Crippen LogP contribution in [0.5, 0.6) is 0 Å². The van der Waals surface area contributed by atoms with Crippen LogP contribution in [0.15, 0.2) is 4.99 Å². The van der Waals surface area contributed by atoms with Gasteiger partial charge in [-0.05, 0) is 39.2 Å². The van der Waals surface area contributed by atoms with Gasteiger partial charge in [-0.2, -0.15) is 0 Å². The molecule has 1 amide bonds. The quantitative estimate of drug-likeness (QED) is 0.198. The number of nitrogens with zero attached hydrogens (tertiary/aromatic N) is 3. The van der Waals surface area contributed by atoms with Crippen molar-refractivity contribution in [1.82, 2.24) is 20.4 Å². The fourth-order valence-corrected chi connectivity index (χ4v) is 2.84. The fraction of sp³-hybridized carbons (Fsp3) is 0.895. The van der Waals surface area contributed by atoms with Gasteiger partial charge in [0, 0.05) is 53.0 Å². The standard InChI is InChI=1S/C19H39N5O2.HI/c1-5-7-12-24-13-9-17(10-14-24)22-19(20-11-8-15-26-6-2)21-16-18(25)23(3)4;/h17H,5-16H2,1-4H3,(H2,20,21,22);1H. The molecule has 0 atom stereocenters. The average Bonchev–Trinajstić information content (AvgIpc) is 2.64. The van der Waals surface area contributed by atoms with Crippen molar-refractivity contribution >= 4 is 35.8 Å². The predicted molar refractivity (Wildman–Crippen MR) is 123 cm³/mol. The van der Waals surface area contributed by atoms with Crippen molar-refractivity contribution in [2.75, 3.05) is 60.0 Å². The first-order valence-corrected chi connectivity index (χ1v) is 10.1. The van der Waals surface area contributed by atoms with E-state index in [2.05, 4.69) is 27.4 Å². The minimum atomic E-state index is 0. The van der Waals surface area contributed by atoms with E-state index in [0.717, 1.165) is 58.1 Å². The first-order chi connectivity index (χ1) is 12.6. The van der Waals surface area contributed by atoms with Gasteiger partial charge in [-0.1, -0.05) is 13.3 Å². The topological polar surface area (TPSA) is 69.2 Å². The number of ether oxygens (including phenoxy) is 1. The molecule has 0 radical (unpaired) electrons. The van der Waals surface area contributed by atoms with Gasteiger partial charge in [0.2, 0.25) is 5.91 Å². The number of nitrogens with one attached hydrogen (secondary N) is 2. The van der Waals surface area contributed by atoms with E-state index in [1.54, 1.807) is 19.0 Å². The van der Waals surface area contributed by atoms with Crippen LogP contribution >= 0.6 is 24.0 Å². The van der Waals surface area contributed by atoms with Crippen LogP contribution in [0.2, 0.25) is 0 Å². The number of aliphatic imine (C=N–C) groups is 1. The van der Waals surface area contributed by atoms with Gasteiger partial charge in [-0.25, -0.2) is 4.99 Å². The third-order valence-electron chi connectivity index (χ3n) is 4.59. The average molecular weight is 497 g/mol. The normalized spacial score (nSPS) is 15.9. The number of halogens is 1. The number of hydrogen-bond acceptors (Lipinski definition) is 4. The molecule has 2 N–H and O–H groups in total. The predicted octanol–water partition coefficient (Wildman–Crippen LogP) is 1.92. The van der Waals surface area contributed by atoms with E-state index in [1.165, 1.54) is 19.4 Å². The molecular formula is C19H40IN5O2. The molecule has 0 aromatic carbocycles. The van der Waals surface area contributed by atoms with Crippen LogP contribution < -0.4 is 10.6 Å². The number of hydrogen-bond donors (Lipinski definition) is 2. The molecule has 1 saturated heterocycles. The first-order valence-electron chi connectivity index (χ1n) is 10.1. The first kappa shape index (κ1) is 26.4. The van der Waals surface area contributed by atoms with Gasteiger partial charge in [0.1, 0.15) is 6.54 Å². The number of likely N-dealkylation sites (N-methyl/N-ethyl adjacent to an activating group) is 1. The number of carbonyl (C=O) groups excluding carboxylic acids is 1. The van der Waals surface area contributed by atoms with Gasteiger partial charge in [0.05, 0.1) is 0 Å². The van der Waals surface area contributed by atoms with Gasteiger partial charge in [0.25, 0.3) is 0 Å². The minimum Gasteiger partial charge on any atom is -0.382 e. The second kappa shape index (κ2) is 16.4. The Kier molecular flexibility index (Phi) is 16.0. The second-order valence-corrected chi connectivity index (χ2v) is 7.04. The number of guanidine groups is 1. The van der Waals surface area contributed by atoms with Crippen molar-refractivity contribution < 1.29 is 9.53 Å². The minimum absolute atomic E-state index is 0. The number of piperidine rings is 1. The molecule has 1 aliphatic heterocycles. The molecule has 8 heteroatoms. The molecule has 7 nitrogen and oxygen atoms in total. The summed E-state index contributed by atoms with van der Waals surface area (Å²) < 4.78 is 5.37. The monoisotopic (exact) mass is 497 g/mol. The van der Waals surface area contributed by atoms with E-state index in [-0.39, 0.29) is 36.4 Å². The molecule has 0 aromatic heterocycles. The lowest BCUT2D eigenvalue weighted by atomic mass is 10.0. The molecule has 0 saturated carbocycles. The van der Waals surface area contributed by atoms with E-state index in [4.69, 9.17) is 4.74 Å². The summed E-state index contributed by atoms with van der Waals surface area (Å²) in [7, 11) is 3.51. The van der Waals surface area contributed by atoms with Crippen LogP contribution in [0.25, 0.3) is 0 Å². The van der Waals surface area contributed by atoms with Gasteiger partial charge >= 0.3 is 0 Å².